The van der Waals surface area contributed by atoms with E-state index in [1.165, 1.54) is 4.90 Å². The number of halogens is 2. The number of carbonyl (C=O) groups excluding carboxylic acids is 1. The minimum absolute atomic E-state index is 0.118. The van der Waals surface area contributed by atoms with Crippen LogP contribution in [0, 0.1) is 0 Å². The van der Waals surface area contributed by atoms with Gasteiger partial charge in [-0.05, 0) is 12.8 Å². The van der Waals surface area contributed by atoms with Gasteiger partial charge in [-0.1, -0.05) is 0 Å². The largest absolute Gasteiger partial charge is 0.381 e. The number of rotatable bonds is 3. The zero-order chi connectivity index (χ0) is 16.3. The maximum atomic E-state index is 13.3. The summed E-state index contributed by atoms with van der Waals surface area (Å²) >= 11 is 0. The first-order valence-electron chi connectivity index (χ1n) is 8.32. The summed E-state index contributed by atoms with van der Waals surface area (Å²) in [4.78, 5) is 15.8. The molecule has 1 N–H and O–H groups in total. The molecule has 0 unspecified atom stereocenters. The Bertz CT molecular complexity index is 424. The molecule has 0 aromatic heterocycles. The summed E-state index contributed by atoms with van der Waals surface area (Å²) in [5, 5.41) is 2.89. The fourth-order valence-electron chi connectivity index (χ4n) is 3.66. The Hall–Kier alpha value is -0.990. The van der Waals surface area contributed by atoms with E-state index in [0.717, 1.165) is 25.9 Å². The molecule has 6 nitrogen and oxygen atoms in total. The molecule has 23 heavy (non-hydrogen) atoms. The molecular weight excluding hydrogens is 308 g/mol. The summed E-state index contributed by atoms with van der Waals surface area (Å²) in [5.41, 5.74) is -0.153. The third-order valence-corrected chi connectivity index (χ3v) is 5.13. The molecule has 3 saturated heterocycles. The van der Waals surface area contributed by atoms with Crippen LogP contribution in [0.5, 0.6) is 0 Å². The molecule has 3 rings (SSSR count). The van der Waals surface area contributed by atoms with Gasteiger partial charge in [0.1, 0.15) is 0 Å². The second kappa shape index (κ2) is 6.86. The number of nitrogens with zero attached hydrogens (tertiary/aromatic N) is 2. The SMILES string of the molecule is O=C(NCC1(N2CCOCC2)CCOCC1)N1CCC(F)(F)C1. The van der Waals surface area contributed by atoms with E-state index < -0.39 is 12.5 Å². The number of hydrogen-bond acceptors (Lipinski definition) is 4. The predicted molar refractivity (Wildman–Crippen MR) is 79.7 cm³/mol. The van der Waals surface area contributed by atoms with Crippen LogP contribution in [0.4, 0.5) is 13.6 Å². The lowest BCUT2D eigenvalue weighted by atomic mass is 9.87. The molecule has 0 aliphatic carbocycles. The fourth-order valence-corrected chi connectivity index (χ4v) is 3.66. The zero-order valence-corrected chi connectivity index (χ0v) is 13.4. The number of hydrogen-bond donors (Lipinski definition) is 1. The molecule has 3 heterocycles. The summed E-state index contributed by atoms with van der Waals surface area (Å²) in [6.45, 7) is 4.47. The third kappa shape index (κ3) is 3.92. The highest BCUT2D eigenvalue weighted by Crippen LogP contribution is 2.29. The second-order valence-corrected chi connectivity index (χ2v) is 6.62. The number of nitrogens with one attached hydrogen (secondary N) is 1. The van der Waals surface area contributed by atoms with Crippen molar-refractivity contribution in [3.8, 4) is 0 Å². The van der Waals surface area contributed by atoms with Gasteiger partial charge in [-0.3, -0.25) is 4.90 Å². The predicted octanol–water partition coefficient (Wildman–Crippen LogP) is 0.918. The molecule has 0 bridgehead atoms. The van der Waals surface area contributed by atoms with Crippen LogP contribution in [0.15, 0.2) is 0 Å². The van der Waals surface area contributed by atoms with Crippen molar-refractivity contribution in [3.05, 3.63) is 0 Å². The van der Waals surface area contributed by atoms with Gasteiger partial charge in [-0.25, -0.2) is 13.6 Å². The van der Waals surface area contributed by atoms with E-state index >= 15 is 0 Å². The first kappa shape index (κ1) is 16.9. The average molecular weight is 333 g/mol. The molecule has 8 heteroatoms. The van der Waals surface area contributed by atoms with Crippen LogP contribution in [0.1, 0.15) is 19.3 Å². The van der Waals surface area contributed by atoms with Gasteiger partial charge in [0.05, 0.1) is 19.8 Å². The number of morpholine rings is 1. The molecule has 0 aromatic carbocycles. The molecule has 0 saturated carbocycles. The summed E-state index contributed by atoms with van der Waals surface area (Å²) in [5.74, 6) is -2.75. The lowest BCUT2D eigenvalue weighted by Crippen LogP contribution is -2.61. The smallest absolute Gasteiger partial charge is 0.317 e. The number of urea groups is 1. The highest BCUT2D eigenvalue weighted by Gasteiger charge is 2.42. The van der Waals surface area contributed by atoms with Crippen LogP contribution in [-0.4, -0.2) is 86.4 Å². The maximum Gasteiger partial charge on any atom is 0.317 e. The van der Waals surface area contributed by atoms with Crippen molar-refractivity contribution in [3.63, 3.8) is 0 Å². The monoisotopic (exact) mass is 333 g/mol. The molecule has 0 radical (unpaired) electrons. The minimum atomic E-state index is -2.75. The number of alkyl halides is 2. The van der Waals surface area contributed by atoms with E-state index in [2.05, 4.69) is 10.2 Å². The van der Waals surface area contributed by atoms with Crippen LogP contribution >= 0.6 is 0 Å². The Balaban J connectivity index is 1.59. The normalized spacial score (nSPS) is 27.8. The van der Waals surface area contributed by atoms with E-state index in [1.807, 2.05) is 0 Å². The standard InChI is InChI=1S/C15H25F2N3O3/c16-15(17)1-4-19(12-15)13(21)18-11-14(2-7-22-8-3-14)20-5-9-23-10-6-20/h1-12H2,(H,18,21). The molecule has 3 fully saturated rings. The van der Waals surface area contributed by atoms with Gasteiger partial charge in [0.25, 0.3) is 5.92 Å². The van der Waals surface area contributed by atoms with E-state index in [4.69, 9.17) is 9.47 Å². The Morgan fingerprint density at radius 1 is 1.00 bits per heavy atom. The number of carbonyl (C=O) groups is 1. The van der Waals surface area contributed by atoms with Crippen molar-refractivity contribution in [2.24, 2.45) is 0 Å². The molecule has 0 aromatic rings. The van der Waals surface area contributed by atoms with E-state index in [-0.39, 0.29) is 24.5 Å². The Morgan fingerprint density at radius 3 is 2.26 bits per heavy atom. The summed E-state index contributed by atoms with van der Waals surface area (Å²) in [6.07, 6.45) is 1.43. The topological polar surface area (TPSA) is 54.0 Å². The van der Waals surface area contributed by atoms with Crippen molar-refractivity contribution in [1.82, 2.24) is 15.1 Å². The summed E-state index contributed by atoms with van der Waals surface area (Å²) in [7, 11) is 0. The van der Waals surface area contributed by atoms with Crippen molar-refractivity contribution >= 4 is 6.03 Å². The minimum Gasteiger partial charge on any atom is -0.381 e. The highest BCUT2D eigenvalue weighted by atomic mass is 19.3. The molecular formula is C15H25F2N3O3. The second-order valence-electron chi connectivity index (χ2n) is 6.62. The Labute approximate surface area is 135 Å². The van der Waals surface area contributed by atoms with Crippen molar-refractivity contribution in [1.29, 1.82) is 0 Å². The number of likely N-dealkylation sites (tertiary alicyclic amines) is 1. The summed E-state index contributed by atoms with van der Waals surface area (Å²) < 4.78 is 37.4. The van der Waals surface area contributed by atoms with E-state index in [1.54, 1.807) is 0 Å². The van der Waals surface area contributed by atoms with Gasteiger partial charge in [0.2, 0.25) is 0 Å². The van der Waals surface area contributed by atoms with E-state index in [9.17, 15) is 13.6 Å². The van der Waals surface area contributed by atoms with Crippen molar-refractivity contribution < 1.29 is 23.0 Å². The fraction of sp³-hybridized carbons (Fsp3) is 0.933. The first-order chi connectivity index (χ1) is 11.0. The van der Waals surface area contributed by atoms with Crippen molar-refractivity contribution in [2.75, 3.05) is 59.2 Å². The lowest BCUT2D eigenvalue weighted by Gasteiger charge is -2.48. The number of ether oxygens (including phenoxy) is 2. The van der Waals surface area contributed by atoms with Gasteiger partial charge in [0.15, 0.2) is 0 Å². The van der Waals surface area contributed by atoms with Crippen LogP contribution in [-0.2, 0) is 9.47 Å². The zero-order valence-electron chi connectivity index (χ0n) is 13.4. The average Bonchev–Trinajstić information content (AvgIpc) is 2.94. The first-order valence-corrected chi connectivity index (χ1v) is 8.32. The molecule has 0 spiro atoms. The molecule has 3 aliphatic heterocycles. The molecule has 2 amide bonds. The van der Waals surface area contributed by atoms with Gasteiger partial charge < -0.3 is 19.7 Å². The highest BCUT2D eigenvalue weighted by molar-refractivity contribution is 5.74. The number of amides is 2. The van der Waals surface area contributed by atoms with Gasteiger partial charge in [-0.2, -0.15) is 0 Å². The van der Waals surface area contributed by atoms with Crippen LogP contribution in [0.2, 0.25) is 0 Å². The van der Waals surface area contributed by atoms with Crippen LogP contribution in [0.3, 0.4) is 0 Å². The van der Waals surface area contributed by atoms with Gasteiger partial charge in [-0.15, -0.1) is 0 Å². The van der Waals surface area contributed by atoms with E-state index in [0.29, 0.717) is 33.0 Å². The van der Waals surface area contributed by atoms with Crippen LogP contribution < -0.4 is 5.32 Å². The molecule has 0 atom stereocenters. The molecule has 132 valence electrons. The van der Waals surface area contributed by atoms with Gasteiger partial charge in [0, 0.05) is 51.4 Å². The van der Waals surface area contributed by atoms with Gasteiger partial charge >= 0.3 is 6.03 Å². The summed E-state index contributed by atoms with van der Waals surface area (Å²) in [6, 6.07) is -0.388. The lowest BCUT2D eigenvalue weighted by molar-refractivity contribution is -0.0693. The third-order valence-electron chi connectivity index (χ3n) is 5.13. The molecule has 3 aliphatic rings. The Kier molecular flexibility index (Phi) is 5.03. The van der Waals surface area contributed by atoms with Crippen LogP contribution in [0.25, 0.3) is 0 Å². The maximum absolute atomic E-state index is 13.3. The Morgan fingerprint density at radius 2 is 1.65 bits per heavy atom. The van der Waals surface area contributed by atoms with Crippen molar-refractivity contribution in [2.45, 2.75) is 30.7 Å². The quantitative estimate of drug-likeness (QED) is 0.834.